The highest BCUT2D eigenvalue weighted by atomic mass is 79.9. The number of amides is 2. The highest BCUT2D eigenvalue weighted by Crippen LogP contribution is 2.39. The summed E-state index contributed by atoms with van der Waals surface area (Å²) in [6, 6.07) is 3.64. The van der Waals surface area contributed by atoms with Crippen molar-refractivity contribution < 1.29 is 19.1 Å². The molecule has 0 bridgehead atoms. The van der Waals surface area contributed by atoms with Crippen LogP contribution in [-0.4, -0.2) is 23.7 Å². The number of rotatable bonds is 3. The molecule has 2 amide bonds. The van der Waals surface area contributed by atoms with Gasteiger partial charge in [0.05, 0.1) is 10.2 Å². The average molecular weight is 399 g/mol. The van der Waals surface area contributed by atoms with E-state index in [9.17, 15) is 9.59 Å². The van der Waals surface area contributed by atoms with E-state index in [0.717, 1.165) is 10.0 Å². The van der Waals surface area contributed by atoms with Gasteiger partial charge in [-0.25, -0.2) is 4.79 Å². The Hall–Kier alpha value is -1.76. The SMILES string of the molecule is CC(C)C1Oc2c(Br)cc(CNC(=O)OC(C)(C)C)cc2NC1=O. The summed E-state index contributed by atoms with van der Waals surface area (Å²) < 4.78 is 11.7. The molecule has 7 heteroatoms. The van der Waals surface area contributed by atoms with E-state index >= 15 is 0 Å². The van der Waals surface area contributed by atoms with E-state index in [1.165, 1.54) is 0 Å². The van der Waals surface area contributed by atoms with E-state index < -0.39 is 17.8 Å². The number of nitrogens with one attached hydrogen (secondary N) is 2. The van der Waals surface area contributed by atoms with Crippen LogP contribution in [-0.2, 0) is 16.1 Å². The lowest BCUT2D eigenvalue weighted by Gasteiger charge is -2.29. The Balaban J connectivity index is 2.11. The number of carbonyl (C=O) groups excluding carboxylic acids is 2. The zero-order valence-electron chi connectivity index (χ0n) is 14.5. The zero-order chi connectivity index (χ0) is 18.1. The molecule has 0 aliphatic carbocycles. The second-order valence-electron chi connectivity index (χ2n) is 7.08. The van der Waals surface area contributed by atoms with Gasteiger partial charge >= 0.3 is 6.09 Å². The van der Waals surface area contributed by atoms with Crippen LogP contribution in [0.2, 0.25) is 0 Å². The molecule has 6 nitrogen and oxygen atoms in total. The third-order valence-corrected chi connectivity index (χ3v) is 3.89. The average Bonchev–Trinajstić information content (AvgIpc) is 2.42. The Bertz CT molecular complexity index is 653. The molecule has 1 atom stereocenters. The van der Waals surface area contributed by atoms with Crippen molar-refractivity contribution in [2.75, 3.05) is 5.32 Å². The van der Waals surface area contributed by atoms with E-state index in [-0.39, 0.29) is 18.4 Å². The fraction of sp³-hybridized carbons (Fsp3) is 0.529. The van der Waals surface area contributed by atoms with Gasteiger partial charge in [-0.15, -0.1) is 0 Å². The number of benzene rings is 1. The molecule has 0 saturated heterocycles. The lowest BCUT2D eigenvalue weighted by atomic mass is 10.0. The minimum Gasteiger partial charge on any atom is -0.477 e. The zero-order valence-corrected chi connectivity index (χ0v) is 16.1. The third-order valence-electron chi connectivity index (χ3n) is 3.31. The maximum Gasteiger partial charge on any atom is 0.407 e. The fourth-order valence-electron chi connectivity index (χ4n) is 2.28. The number of alkyl carbamates (subject to hydrolysis) is 1. The van der Waals surface area contributed by atoms with Gasteiger partial charge in [-0.3, -0.25) is 4.79 Å². The molecule has 2 N–H and O–H groups in total. The van der Waals surface area contributed by atoms with E-state index in [4.69, 9.17) is 9.47 Å². The Morgan fingerprint density at radius 3 is 2.67 bits per heavy atom. The van der Waals surface area contributed by atoms with E-state index in [0.29, 0.717) is 11.4 Å². The second kappa shape index (κ2) is 7.01. The Kier molecular flexibility index (Phi) is 5.42. The summed E-state index contributed by atoms with van der Waals surface area (Å²) in [7, 11) is 0. The van der Waals surface area contributed by atoms with E-state index in [2.05, 4.69) is 26.6 Å². The van der Waals surface area contributed by atoms with Crippen molar-refractivity contribution in [3.63, 3.8) is 0 Å². The molecule has 0 saturated carbocycles. The van der Waals surface area contributed by atoms with Crippen LogP contribution in [0.3, 0.4) is 0 Å². The maximum absolute atomic E-state index is 12.1. The van der Waals surface area contributed by atoms with Gasteiger partial charge in [0.25, 0.3) is 5.91 Å². The van der Waals surface area contributed by atoms with Gasteiger partial charge in [0.15, 0.2) is 11.9 Å². The number of anilines is 1. The molecule has 1 aliphatic rings. The van der Waals surface area contributed by atoms with Gasteiger partial charge < -0.3 is 20.1 Å². The van der Waals surface area contributed by atoms with E-state index in [1.54, 1.807) is 26.8 Å². The molecule has 0 spiro atoms. The predicted molar refractivity (Wildman–Crippen MR) is 95.1 cm³/mol. The number of fused-ring (bicyclic) bond motifs is 1. The van der Waals surface area contributed by atoms with E-state index in [1.807, 2.05) is 19.9 Å². The number of hydrogen-bond acceptors (Lipinski definition) is 4. The summed E-state index contributed by atoms with van der Waals surface area (Å²) in [6.07, 6.45) is -1.00. The standard InChI is InChI=1S/C17H23BrN2O4/c1-9(2)13-15(21)20-12-7-10(6-11(18)14(12)23-13)8-19-16(22)24-17(3,4)5/h6-7,9,13H,8H2,1-5H3,(H,19,22)(H,20,21). The molecule has 1 aliphatic heterocycles. The summed E-state index contributed by atoms with van der Waals surface area (Å²) >= 11 is 3.47. The highest BCUT2D eigenvalue weighted by Gasteiger charge is 2.31. The lowest BCUT2D eigenvalue weighted by Crippen LogP contribution is -2.40. The molecule has 0 radical (unpaired) electrons. The highest BCUT2D eigenvalue weighted by molar-refractivity contribution is 9.10. The Labute approximate surface area is 150 Å². The summed E-state index contributed by atoms with van der Waals surface area (Å²) in [5.41, 5.74) is 0.861. The molecule has 132 valence electrons. The Morgan fingerprint density at radius 1 is 1.42 bits per heavy atom. The van der Waals surface area contributed by atoms with Crippen LogP contribution in [0.4, 0.5) is 10.5 Å². The molecule has 1 aromatic carbocycles. The molecule has 1 aromatic rings. The molecule has 24 heavy (non-hydrogen) atoms. The minimum atomic E-state index is -0.547. The van der Waals surface area contributed by atoms with Crippen molar-refractivity contribution in [2.24, 2.45) is 5.92 Å². The largest absolute Gasteiger partial charge is 0.477 e. The van der Waals surface area contributed by atoms with Crippen molar-refractivity contribution in [1.29, 1.82) is 0 Å². The molecular weight excluding hydrogens is 376 g/mol. The summed E-state index contributed by atoms with van der Waals surface area (Å²) in [6.45, 7) is 9.56. The number of carbonyl (C=O) groups is 2. The molecule has 1 unspecified atom stereocenters. The Morgan fingerprint density at radius 2 is 2.08 bits per heavy atom. The fourth-order valence-corrected chi connectivity index (χ4v) is 2.88. The maximum atomic E-state index is 12.1. The van der Waals surface area contributed by atoms with Gasteiger partial charge in [-0.1, -0.05) is 13.8 Å². The third kappa shape index (κ3) is 4.63. The van der Waals surface area contributed by atoms with Crippen LogP contribution in [0.15, 0.2) is 16.6 Å². The second-order valence-corrected chi connectivity index (χ2v) is 7.94. The first-order valence-electron chi connectivity index (χ1n) is 7.83. The van der Waals surface area contributed by atoms with Crippen LogP contribution in [0.1, 0.15) is 40.2 Å². The van der Waals surface area contributed by atoms with Crippen LogP contribution < -0.4 is 15.4 Å². The van der Waals surface area contributed by atoms with Gasteiger partial charge in [0.2, 0.25) is 0 Å². The number of halogens is 1. The van der Waals surface area contributed by atoms with Crippen molar-refractivity contribution in [2.45, 2.75) is 52.9 Å². The number of ether oxygens (including phenoxy) is 2. The first-order valence-corrected chi connectivity index (χ1v) is 8.63. The topological polar surface area (TPSA) is 76.7 Å². The molecule has 2 rings (SSSR count). The molecule has 0 fully saturated rings. The number of hydrogen-bond donors (Lipinski definition) is 2. The molecular formula is C17H23BrN2O4. The van der Waals surface area contributed by atoms with Gasteiger partial charge in [0.1, 0.15) is 5.60 Å². The summed E-state index contributed by atoms with van der Waals surface area (Å²) in [5, 5.41) is 5.55. The first-order chi connectivity index (χ1) is 11.1. The molecule has 1 heterocycles. The van der Waals surface area contributed by atoms with Gasteiger partial charge in [-0.2, -0.15) is 0 Å². The van der Waals surface area contributed by atoms with Crippen LogP contribution in [0, 0.1) is 5.92 Å². The minimum absolute atomic E-state index is 0.0681. The van der Waals surface area contributed by atoms with Crippen molar-refractivity contribution >= 4 is 33.6 Å². The normalized spacial score (nSPS) is 17.0. The summed E-state index contributed by atoms with van der Waals surface area (Å²) in [4.78, 5) is 23.8. The summed E-state index contributed by atoms with van der Waals surface area (Å²) in [5.74, 6) is 0.509. The van der Waals surface area contributed by atoms with Crippen molar-refractivity contribution in [3.05, 3.63) is 22.2 Å². The van der Waals surface area contributed by atoms with Crippen molar-refractivity contribution in [1.82, 2.24) is 5.32 Å². The van der Waals surface area contributed by atoms with Crippen LogP contribution in [0.5, 0.6) is 5.75 Å². The quantitative estimate of drug-likeness (QED) is 0.810. The molecule has 0 aromatic heterocycles. The predicted octanol–water partition coefficient (Wildman–Crippen LogP) is 3.83. The van der Waals surface area contributed by atoms with Crippen molar-refractivity contribution in [3.8, 4) is 5.75 Å². The van der Waals surface area contributed by atoms with Gasteiger partial charge in [0, 0.05) is 6.54 Å². The lowest BCUT2D eigenvalue weighted by molar-refractivity contribution is -0.125. The smallest absolute Gasteiger partial charge is 0.407 e. The van der Waals surface area contributed by atoms with Gasteiger partial charge in [-0.05, 0) is 60.3 Å². The van der Waals surface area contributed by atoms with Crippen LogP contribution in [0.25, 0.3) is 0 Å². The van der Waals surface area contributed by atoms with Crippen LogP contribution >= 0.6 is 15.9 Å². The first kappa shape index (κ1) is 18.6. The monoisotopic (exact) mass is 398 g/mol.